The van der Waals surface area contributed by atoms with Crippen LogP contribution in [0.5, 0.6) is 5.75 Å². The maximum absolute atomic E-state index is 12.7. The number of benzene rings is 2. The highest BCUT2D eigenvalue weighted by atomic mass is 16.5. The fourth-order valence-electron chi connectivity index (χ4n) is 4.49. The molecule has 0 fully saturated rings. The molecule has 0 spiro atoms. The minimum atomic E-state index is -0.0195. The standard InChI is InChI=1S/C30H30N4O3/c1-33-28-9-8-26(20-24(28)7-10-29(33)35)37-18-4-14-31-21-22-11-15-32-25(19-22)13-17-34-16-12-23-5-2-3-6-27(23)30(34)36/h2-3,5-12,15-16,19-20,31H,4,13-14,17-18,21H2,1H3. The number of hydrogen-bond acceptors (Lipinski definition) is 5. The number of aryl methyl sites for hydroxylation is 3. The fraction of sp³-hybridized carbons (Fsp3) is 0.233. The summed E-state index contributed by atoms with van der Waals surface area (Å²) in [5.41, 5.74) is 3.04. The molecule has 0 bridgehead atoms. The number of hydrogen-bond donors (Lipinski definition) is 1. The van der Waals surface area contributed by atoms with Crippen LogP contribution in [0.3, 0.4) is 0 Å². The molecule has 37 heavy (non-hydrogen) atoms. The Labute approximate surface area is 215 Å². The predicted octanol–water partition coefficient (Wildman–Crippen LogP) is 4.05. The minimum absolute atomic E-state index is 0.0195. The van der Waals surface area contributed by atoms with Gasteiger partial charge in [0.15, 0.2) is 0 Å². The Morgan fingerprint density at radius 1 is 0.946 bits per heavy atom. The lowest BCUT2D eigenvalue weighted by atomic mass is 10.1. The van der Waals surface area contributed by atoms with Crippen molar-refractivity contribution in [1.82, 2.24) is 19.4 Å². The second-order valence-corrected chi connectivity index (χ2v) is 9.14. The zero-order valence-corrected chi connectivity index (χ0v) is 20.9. The molecule has 1 N–H and O–H groups in total. The van der Waals surface area contributed by atoms with Gasteiger partial charge in [-0.05, 0) is 72.4 Å². The molecule has 5 aromatic rings. The van der Waals surface area contributed by atoms with Gasteiger partial charge in [-0.25, -0.2) is 0 Å². The van der Waals surface area contributed by atoms with Gasteiger partial charge in [0, 0.05) is 61.5 Å². The van der Waals surface area contributed by atoms with Crippen LogP contribution >= 0.6 is 0 Å². The minimum Gasteiger partial charge on any atom is -0.494 e. The third-order valence-electron chi connectivity index (χ3n) is 6.57. The molecule has 0 saturated heterocycles. The van der Waals surface area contributed by atoms with E-state index < -0.39 is 0 Å². The van der Waals surface area contributed by atoms with Crippen molar-refractivity contribution >= 4 is 21.7 Å². The maximum atomic E-state index is 12.7. The number of pyridine rings is 3. The summed E-state index contributed by atoms with van der Waals surface area (Å²) in [5, 5.41) is 6.15. The molecule has 2 aromatic carbocycles. The quantitative estimate of drug-likeness (QED) is 0.297. The molecule has 7 nitrogen and oxygen atoms in total. The first-order chi connectivity index (χ1) is 18.1. The number of aromatic nitrogens is 3. The molecule has 3 heterocycles. The molecule has 0 aliphatic rings. The Hall–Kier alpha value is -4.23. The van der Waals surface area contributed by atoms with E-state index in [4.69, 9.17) is 4.74 Å². The fourth-order valence-corrected chi connectivity index (χ4v) is 4.49. The predicted molar refractivity (Wildman–Crippen MR) is 147 cm³/mol. The van der Waals surface area contributed by atoms with E-state index in [0.29, 0.717) is 19.6 Å². The third kappa shape index (κ3) is 5.78. The average molecular weight is 495 g/mol. The van der Waals surface area contributed by atoms with Gasteiger partial charge in [-0.1, -0.05) is 18.2 Å². The van der Waals surface area contributed by atoms with Crippen molar-refractivity contribution in [2.45, 2.75) is 25.9 Å². The molecular weight excluding hydrogens is 464 g/mol. The van der Waals surface area contributed by atoms with Crippen molar-refractivity contribution in [2.75, 3.05) is 13.2 Å². The summed E-state index contributed by atoms with van der Waals surface area (Å²) in [5.74, 6) is 0.801. The molecular formula is C30H30N4O3. The van der Waals surface area contributed by atoms with E-state index in [1.54, 1.807) is 22.2 Å². The Morgan fingerprint density at radius 2 is 1.84 bits per heavy atom. The van der Waals surface area contributed by atoms with E-state index in [2.05, 4.69) is 16.4 Å². The first-order valence-electron chi connectivity index (χ1n) is 12.5. The lowest BCUT2D eigenvalue weighted by molar-refractivity contribution is 0.308. The Bertz CT molecular complexity index is 1650. The zero-order chi connectivity index (χ0) is 25.6. The Balaban J connectivity index is 1.07. The van der Waals surface area contributed by atoms with Crippen LogP contribution in [0.2, 0.25) is 0 Å². The van der Waals surface area contributed by atoms with Gasteiger partial charge < -0.3 is 19.2 Å². The summed E-state index contributed by atoms with van der Waals surface area (Å²) in [7, 11) is 1.77. The molecule has 0 unspecified atom stereocenters. The number of ether oxygens (including phenoxy) is 1. The van der Waals surface area contributed by atoms with E-state index in [-0.39, 0.29) is 11.1 Å². The molecule has 0 atom stereocenters. The zero-order valence-electron chi connectivity index (χ0n) is 20.9. The number of nitrogens with zero attached hydrogens (tertiary/aromatic N) is 3. The van der Waals surface area contributed by atoms with Gasteiger partial charge in [-0.2, -0.15) is 0 Å². The summed E-state index contributed by atoms with van der Waals surface area (Å²) >= 11 is 0. The molecule has 0 saturated carbocycles. The highest BCUT2D eigenvalue weighted by Gasteiger charge is 2.05. The van der Waals surface area contributed by atoms with Crippen LogP contribution in [-0.2, 0) is 26.6 Å². The molecule has 3 aromatic heterocycles. The molecule has 0 aliphatic carbocycles. The van der Waals surface area contributed by atoms with Crippen molar-refractivity contribution < 1.29 is 4.74 Å². The topological polar surface area (TPSA) is 78.2 Å². The molecule has 0 aliphatic heterocycles. The normalized spacial score (nSPS) is 11.3. The van der Waals surface area contributed by atoms with E-state index in [1.165, 1.54) is 0 Å². The molecule has 0 amide bonds. The van der Waals surface area contributed by atoms with E-state index in [0.717, 1.165) is 58.2 Å². The SMILES string of the molecule is Cn1c(=O)ccc2cc(OCCCNCc3ccnc(CCn4ccc5ccccc5c4=O)c3)ccc21. The van der Waals surface area contributed by atoms with E-state index in [9.17, 15) is 9.59 Å². The van der Waals surface area contributed by atoms with Crippen LogP contribution in [0.25, 0.3) is 21.7 Å². The van der Waals surface area contributed by atoms with Crippen molar-refractivity contribution in [1.29, 1.82) is 0 Å². The van der Waals surface area contributed by atoms with Crippen molar-refractivity contribution in [3.8, 4) is 5.75 Å². The summed E-state index contributed by atoms with van der Waals surface area (Å²) in [4.78, 5) is 29.0. The molecule has 0 radical (unpaired) electrons. The summed E-state index contributed by atoms with van der Waals surface area (Å²) < 4.78 is 9.29. The molecule has 188 valence electrons. The lowest BCUT2D eigenvalue weighted by Gasteiger charge is -2.10. The van der Waals surface area contributed by atoms with Gasteiger partial charge in [-0.3, -0.25) is 14.6 Å². The second kappa shape index (κ2) is 11.2. The van der Waals surface area contributed by atoms with Crippen LogP contribution in [0, 0.1) is 0 Å². The highest BCUT2D eigenvalue weighted by molar-refractivity contribution is 5.81. The van der Waals surface area contributed by atoms with Gasteiger partial charge in [0.1, 0.15) is 5.75 Å². The van der Waals surface area contributed by atoms with Gasteiger partial charge in [0.2, 0.25) is 0 Å². The second-order valence-electron chi connectivity index (χ2n) is 9.14. The van der Waals surface area contributed by atoms with Crippen LogP contribution in [0.4, 0.5) is 0 Å². The first-order valence-corrected chi connectivity index (χ1v) is 12.5. The van der Waals surface area contributed by atoms with Crippen LogP contribution in [-0.4, -0.2) is 27.3 Å². The highest BCUT2D eigenvalue weighted by Crippen LogP contribution is 2.19. The third-order valence-corrected chi connectivity index (χ3v) is 6.57. The largest absolute Gasteiger partial charge is 0.494 e. The molecule has 7 heteroatoms. The van der Waals surface area contributed by atoms with Gasteiger partial charge in [-0.15, -0.1) is 0 Å². The van der Waals surface area contributed by atoms with Crippen LogP contribution in [0.15, 0.2) is 94.8 Å². The summed E-state index contributed by atoms with van der Waals surface area (Å²) in [6.07, 6.45) is 5.25. The van der Waals surface area contributed by atoms with Gasteiger partial charge >= 0.3 is 0 Å². The van der Waals surface area contributed by atoms with E-state index >= 15 is 0 Å². The Kier molecular flexibility index (Phi) is 7.42. The lowest BCUT2D eigenvalue weighted by Crippen LogP contribution is -2.21. The summed E-state index contributed by atoms with van der Waals surface area (Å²) in [6, 6.07) is 22.9. The van der Waals surface area contributed by atoms with Crippen molar-refractivity contribution in [2.24, 2.45) is 7.05 Å². The number of fused-ring (bicyclic) bond motifs is 2. The van der Waals surface area contributed by atoms with Gasteiger partial charge in [0.05, 0.1) is 12.1 Å². The Morgan fingerprint density at radius 3 is 2.76 bits per heavy atom. The van der Waals surface area contributed by atoms with Gasteiger partial charge in [0.25, 0.3) is 11.1 Å². The van der Waals surface area contributed by atoms with Crippen LogP contribution in [0.1, 0.15) is 17.7 Å². The summed E-state index contributed by atoms with van der Waals surface area (Å²) in [6.45, 7) is 2.77. The van der Waals surface area contributed by atoms with Crippen LogP contribution < -0.4 is 21.2 Å². The number of rotatable bonds is 10. The smallest absolute Gasteiger partial charge is 0.258 e. The molecule has 5 rings (SSSR count). The monoisotopic (exact) mass is 494 g/mol. The average Bonchev–Trinajstić information content (AvgIpc) is 2.93. The maximum Gasteiger partial charge on any atom is 0.258 e. The van der Waals surface area contributed by atoms with Crippen molar-refractivity contribution in [3.63, 3.8) is 0 Å². The first kappa shape index (κ1) is 24.5. The van der Waals surface area contributed by atoms with Crippen molar-refractivity contribution in [3.05, 3.63) is 117 Å². The number of nitrogens with one attached hydrogen (secondary N) is 1. The van der Waals surface area contributed by atoms with E-state index in [1.807, 2.05) is 73.1 Å².